The highest BCUT2D eigenvalue weighted by Crippen LogP contribution is 2.44. The van der Waals surface area contributed by atoms with Crippen molar-refractivity contribution < 1.29 is 9.53 Å². The molecule has 2 nitrogen and oxygen atoms in total. The molecule has 0 N–H and O–H groups in total. The van der Waals surface area contributed by atoms with E-state index in [0.717, 1.165) is 5.57 Å². The third-order valence-electron chi connectivity index (χ3n) is 4.53. The molecule has 0 aromatic heterocycles. The van der Waals surface area contributed by atoms with Crippen LogP contribution in [0.2, 0.25) is 0 Å². The minimum absolute atomic E-state index is 0.261. The lowest BCUT2D eigenvalue weighted by Crippen LogP contribution is -2.27. The fraction of sp³-hybridized carbons (Fsp3) is 0.0435. The third-order valence-corrected chi connectivity index (χ3v) is 8.59. The molecular weight excluding hydrogens is 339 g/mol. The highest BCUT2D eigenvalue weighted by molar-refractivity contribution is 7.94. The molecule has 26 heavy (non-hydrogen) atoms. The van der Waals surface area contributed by atoms with Gasteiger partial charge in [-0.2, -0.15) is 0 Å². The predicted molar refractivity (Wildman–Crippen MR) is 110 cm³/mol. The minimum Gasteiger partial charge on any atom is -0.458 e. The van der Waals surface area contributed by atoms with E-state index in [-0.39, 0.29) is 5.97 Å². The van der Waals surface area contributed by atoms with Gasteiger partial charge in [-0.15, -0.1) is 0 Å². The van der Waals surface area contributed by atoms with Gasteiger partial charge in [0.05, 0.1) is 0 Å². The zero-order chi connectivity index (χ0) is 17.8. The average molecular weight is 358 g/mol. The standard InChI is InChI=1S/C23H19O2P/c24-23-16-19(17-25-23)18-26(20-10-4-1-5-11-20,21-12-6-2-7-13-21)22-14-8-3-9-15-22/h1-16,18H,17H2. The van der Waals surface area contributed by atoms with Gasteiger partial charge in [0.1, 0.15) is 6.61 Å². The van der Waals surface area contributed by atoms with Crippen molar-refractivity contribution in [3.63, 3.8) is 0 Å². The highest BCUT2D eigenvalue weighted by Gasteiger charge is 2.26. The second-order valence-corrected chi connectivity index (χ2v) is 9.44. The molecule has 128 valence electrons. The van der Waals surface area contributed by atoms with Gasteiger partial charge in [0.25, 0.3) is 0 Å². The van der Waals surface area contributed by atoms with Gasteiger partial charge < -0.3 is 4.74 Å². The summed E-state index contributed by atoms with van der Waals surface area (Å²) in [6.07, 6.45) is 1.61. The molecule has 3 aromatic carbocycles. The molecule has 0 saturated carbocycles. The van der Waals surface area contributed by atoms with Gasteiger partial charge in [0.15, 0.2) is 0 Å². The molecule has 1 aliphatic heterocycles. The monoisotopic (exact) mass is 358 g/mol. The van der Waals surface area contributed by atoms with Crippen molar-refractivity contribution in [1.82, 2.24) is 0 Å². The summed E-state index contributed by atoms with van der Waals surface area (Å²) < 4.78 is 5.17. The zero-order valence-corrected chi connectivity index (χ0v) is 15.2. The molecule has 0 fully saturated rings. The van der Waals surface area contributed by atoms with Gasteiger partial charge in [0.2, 0.25) is 0 Å². The summed E-state index contributed by atoms with van der Waals surface area (Å²) in [6.45, 7) is -1.71. The normalized spacial score (nSPS) is 13.8. The number of rotatable bonds is 4. The summed E-state index contributed by atoms with van der Waals surface area (Å²) in [4.78, 5) is 11.6. The first-order valence-electron chi connectivity index (χ1n) is 8.58. The van der Waals surface area contributed by atoms with Crippen LogP contribution in [0.15, 0.2) is 103 Å². The molecule has 3 aromatic rings. The van der Waals surface area contributed by atoms with Crippen LogP contribution in [0, 0.1) is 0 Å². The second-order valence-electron chi connectivity index (χ2n) is 6.19. The molecule has 0 bridgehead atoms. The van der Waals surface area contributed by atoms with Crippen LogP contribution < -0.4 is 15.9 Å². The highest BCUT2D eigenvalue weighted by atomic mass is 31.2. The lowest BCUT2D eigenvalue weighted by Gasteiger charge is -2.29. The van der Waals surface area contributed by atoms with Gasteiger partial charge in [-0.25, -0.2) is 4.79 Å². The molecule has 3 heteroatoms. The number of carbonyl (C=O) groups excluding carboxylic acids is 1. The predicted octanol–water partition coefficient (Wildman–Crippen LogP) is 3.27. The fourth-order valence-electron chi connectivity index (χ4n) is 3.37. The van der Waals surface area contributed by atoms with E-state index in [1.54, 1.807) is 6.08 Å². The van der Waals surface area contributed by atoms with Crippen LogP contribution in [-0.4, -0.2) is 18.4 Å². The van der Waals surface area contributed by atoms with Gasteiger partial charge in [-0.1, -0.05) is 91.0 Å². The summed E-state index contributed by atoms with van der Waals surface area (Å²) in [7, 11) is 0. The van der Waals surface area contributed by atoms with Crippen LogP contribution in [0.3, 0.4) is 0 Å². The fourth-order valence-corrected chi connectivity index (χ4v) is 7.29. The van der Waals surface area contributed by atoms with Crippen LogP contribution in [0.4, 0.5) is 0 Å². The van der Waals surface area contributed by atoms with Crippen molar-refractivity contribution in [1.29, 1.82) is 0 Å². The summed E-state index contributed by atoms with van der Waals surface area (Å²) in [5, 5.41) is 3.79. The molecule has 0 atom stereocenters. The largest absolute Gasteiger partial charge is 0.458 e. The quantitative estimate of drug-likeness (QED) is 0.529. The number of ether oxygens (including phenoxy) is 1. The lowest BCUT2D eigenvalue weighted by atomic mass is 10.3. The van der Waals surface area contributed by atoms with E-state index >= 15 is 0 Å². The maximum atomic E-state index is 11.6. The molecule has 0 spiro atoms. The van der Waals surface area contributed by atoms with Gasteiger partial charge in [-0.05, 0) is 34.2 Å². The topological polar surface area (TPSA) is 26.3 Å². The second kappa shape index (κ2) is 7.19. The Morgan fingerprint density at radius 1 is 0.692 bits per heavy atom. The van der Waals surface area contributed by atoms with Crippen LogP contribution in [0.1, 0.15) is 0 Å². The first-order valence-corrected chi connectivity index (χ1v) is 10.4. The minimum atomic E-state index is -2.05. The summed E-state index contributed by atoms with van der Waals surface area (Å²) in [5.74, 6) is 2.02. The number of carbonyl (C=O) groups is 1. The smallest absolute Gasteiger partial charge is 0.331 e. The SMILES string of the molecule is O=C1C=C(C=P(c2ccccc2)(c2ccccc2)c2ccccc2)CO1. The summed E-state index contributed by atoms with van der Waals surface area (Å²) in [6, 6.07) is 31.7. The van der Waals surface area contributed by atoms with E-state index < -0.39 is 6.89 Å². The van der Waals surface area contributed by atoms with Crippen molar-refractivity contribution in [3.8, 4) is 0 Å². The zero-order valence-electron chi connectivity index (χ0n) is 14.3. The lowest BCUT2D eigenvalue weighted by molar-refractivity contribution is -0.134. The third kappa shape index (κ3) is 3.05. The number of cyclic esters (lactones) is 1. The number of benzene rings is 3. The van der Waals surface area contributed by atoms with E-state index in [2.05, 4.69) is 78.6 Å². The van der Waals surface area contributed by atoms with Crippen molar-refractivity contribution in [2.75, 3.05) is 6.61 Å². The van der Waals surface area contributed by atoms with Crippen LogP contribution >= 0.6 is 6.89 Å². The molecular formula is C23H19O2P. The Labute approximate surface area is 153 Å². The first kappa shape index (κ1) is 16.6. The van der Waals surface area contributed by atoms with Crippen LogP contribution in [-0.2, 0) is 9.53 Å². The van der Waals surface area contributed by atoms with Crippen molar-refractivity contribution in [2.24, 2.45) is 0 Å². The molecule has 0 aliphatic carbocycles. The Morgan fingerprint density at radius 3 is 1.46 bits per heavy atom. The molecule has 0 amide bonds. The van der Waals surface area contributed by atoms with E-state index in [4.69, 9.17) is 4.74 Å². The summed E-state index contributed by atoms with van der Waals surface area (Å²) >= 11 is 0. The van der Waals surface area contributed by atoms with Gasteiger partial charge in [-0.3, -0.25) is 0 Å². The maximum Gasteiger partial charge on any atom is 0.331 e. The van der Waals surface area contributed by atoms with Crippen molar-refractivity contribution >= 4 is 34.6 Å². The average Bonchev–Trinajstić information content (AvgIpc) is 3.13. The van der Waals surface area contributed by atoms with Gasteiger partial charge in [0, 0.05) is 6.08 Å². The Kier molecular flexibility index (Phi) is 4.60. The van der Waals surface area contributed by atoms with E-state index in [1.807, 2.05) is 18.2 Å². The number of hydrogen-bond donors (Lipinski definition) is 0. The molecule has 0 saturated heterocycles. The van der Waals surface area contributed by atoms with E-state index in [9.17, 15) is 4.79 Å². The Balaban J connectivity index is 2.09. The Bertz CT molecular complexity index is 887. The van der Waals surface area contributed by atoms with Crippen molar-refractivity contribution in [3.05, 3.63) is 103 Å². The maximum absolute atomic E-state index is 11.6. The molecule has 0 unspecified atom stereocenters. The van der Waals surface area contributed by atoms with Crippen LogP contribution in [0.25, 0.3) is 0 Å². The van der Waals surface area contributed by atoms with E-state index in [1.165, 1.54) is 15.9 Å². The Morgan fingerprint density at radius 2 is 1.12 bits per heavy atom. The van der Waals surface area contributed by atoms with Crippen molar-refractivity contribution in [2.45, 2.75) is 0 Å². The Hall–Kier alpha value is -2.83. The molecule has 1 heterocycles. The first-order chi connectivity index (χ1) is 12.8. The number of esters is 1. The van der Waals surface area contributed by atoms with E-state index in [0.29, 0.717) is 6.61 Å². The number of hydrogen-bond acceptors (Lipinski definition) is 2. The molecule has 4 rings (SSSR count). The van der Waals surface area contributed by atoms with Gasteiger partial charge >= 0.3 is 5.97 Å². The summed E-state index contributed by atoms with van der Waals surface area (Å²) in [5.41, 5.74) is 0.944. The molecule has 0 radical (unpaired) electrons. The van der Waals surface area contributed by atoms with Crippen LogP contribution in [0.5, 0.6) is 0 Å². The molecule has 1 aliphatic rings.